The summed E-state index contributed by atoms with van der Waals surface area (Å²) < 4.78 is 43.4. The number of allylic oxidation sites excluding steroid dienone is 1. The van der Waals surface area contributed by atoms with Crippen molar-refractivity contribution in [3.05, 3.63) is 76.9 Å². The number of esters is 1. The first-order valence-corrected chi connectivity index (χ1v) is 9.47. The van der Waals surface area contributed by atoms with Gasteiger partial charge in [-0.25, -0.2) is 4.79 Å². The van der Waals surface area contributed by atoms with Crippen LogP contribution in [-0.4, -0.2) is 30.6 Å². The molecule has 0 bridgehead atoms. The largest absolute Gasteiger partial charge is 0.466 e. The maximum absolute atomic E-state index is 12.9. The lowest BCUT2D eigenvalue weighted by Crippen LogP contribution is -2.18. The summed E-state index contributed by atoms with van der Waals surface area (Å²) >= 11 is 0. The van der Waals surface area contributed by atoms with Gasteiger partial charge in [0.2, 0.25) is 0 Å². The highest BCUT2D eigenvalue weighted by atomic mass is 19.4. The second kappa shape index (κ2) is 8.41. The number of alkyl halides is 3. The van der Waals surface area contributed by atoms with Crippen molar-refractivity contribution in [2.75, 3.05) is 13.7 Å². The fourth-order valence-corrected chi connectivity index (χ4v) is 3.54. The van der Waals surface area contributed by atoms with E-state index in [2.05, 4.69) is 16.6 Å². The van der Waals surface area contributed by atoms with E-state index in [1.807, 2.05) is 31.2 Å². The molecule has 1 saturated heterocycles. The summed E-state index contributed by atoms with van der Waals surface area (Å²) in [4.78, 5) is 13.5. The van der Waals surface area contributed by atoms with Gasteiger partial charge < -0.3 is 4.74 Å². The van der Waals surface area contributed by atoms with Crippen molar-refractivity contribution in [2.45, 2.75) is 38.5 Å². The third-order valence-corrected chi connectivity index (χ3v) is 5.29. The molecule has 0 aliphatic carbocycles. The van der Waals surface area contributed by atoms with Crippen molar-refractivity contribution in [1.29, 1.82) is 0 Å². The van der Waals surface area contributed by atoms with Crippen LogP contribution in [0.3, 0.4) is 0 Å². The number of benzene rings is 2. The number of ether oxygens (including phenoxy) is 1. The predicted octanol–water partition coefficient (Wildman–Crippen LogP) is 5.27. The van der Waals surface area contributed by atoms with Gasteiger partial charge in [0.15, 0.2) is 0 Å². The Morgan fingerprint density at radius 2 is 1.93 bits per heavy atom. The molecule has 0 N–H and O–H groups in total. The van der Waals surface area contributed by atoms with Crippen LogP contribution in [0.1, 0.15) is 42.1 Å². The van der Waals surface area contributed by atoms with Gasteiger partial charge in [-0.15, -0.1) is 0 Å². The highest BCUT2D eigenvalue weighted by Crippen LogP contribution is 2.40. The Hall–Kier alpha value is -2.60. The molecular weight excluding hydrogens is 379 g/mol. The zero-order chi connectivity index (χ0) is 21.2. The van der Waals surface area contributed by atoms with Gasteiger partial charge >= 0.3 is 12.1 Å². The highest BCUT2D eigenvalue weighted by molar-refractivity contribution is 5.90. The minimum absolute atomic E-state index is 0.0387. The van der Waals surface area contributed by atoms with Crippen LogP contribution in [0.4, 0.5) is 13.2 Å². The molecule has 1 aliphatic rings. The van der Waals surface area contributed by atoms with E-state index in [-0.39, 0.29) is 18.1 Å². The number of nitrogens with zero attached hydrogens (tertiary/aromatic N) is 1. The summed E-state index contributed by atoms with van der Waals surface area (Å²) in [7, 11) is 1.34. The van der Waals surface area contributed by atoms with Gasteiger partial charge in [0, 0.05) is 24.7 Å². The summed E-state index contributed by atoms with van der Waals surface area (Å²) in [5.41, 5.74) is 3.03. The second-order valence-electron chi connectivity index (χ2n) is 7.44. The molecule has 2 aromatic rings. The Balaban J connectivity index is 1.61. The standard InChI is InChI=1S/C23H24F3NO2/c1-15(11-22(28)29-3)18-9-7-17(8-10-18)12-16(2)27-14-21(27)19-5-4-6-20(13-19)23(24,25)26/h4-11,13,16,21H,12,14H2,1-3H3/t16-,21?,27?/m0/s1. The van der Waals surface area contributed by atoms with Gasteiger partial charge in [0.25, 0.3) is 0 Å². The maximum atomic E-state index is 12.9. The smallest absolute Gasteiger partial charge is 0.416 e. The van der Waals surface area contributed by atoms with E-state index in [4.69, 9.17) is 0 Å². The van der Waals surface area contributed by atoms with E-state index in [1.54, 1.807) is 6.07 Å². The van der Waals surface area contributed by atoms with Crippen LogP contribution in [0.5, 0.6) is 0 Å². The van der Waals surface area contributed by atoms with E-state index < -0.39 is 11.7 Å². The molecule has 3 atom stereocenters. The number of carbonyl (C=O) groups is 1. The zero-order valence-electron chi connectivity index (χ0n) is 16.7. The number of halogens is 3. The lowest BCUT2D eigenvalue weighted by molar-refractivity contribution is -0.137. The van der Waals surface area contributed by atoms with Gasteiger partial charge in [-0.2, -0.15) is 13.2 Å². The average Bonchev–Trinajstić information content (AvgIpc) is 3.49. The molecule has 2 unspecified atom stereocenters. The third kappa shape index (κ3) is 5.26. The van der Waals surface area contributed by atoms with Crippen LogP contribution >= 0.6 is 0 Å². The number of carbonyl (C=O) groups excluding carboxylic acids is 1. The first kappa shape index (κ1) is 21.1. The van der Waals surface area contributed by atoms with Crippen LogP contribution in [0.25, 0.3) is 5.57 Å². The summed E-state index contributed by atoms with van der Waals surface area (Å²) in [6, 6.07) is 13.8. The van der Waals surface area contributed by atoms with E-state index in [0.29, 0.717) is 5.56 Å². The van der Waals surface area contributed by atoms with Crippen molar-refractivity contribution in [3.8, 4) is 0 Å². The van der Waals surface area contributed by atoms with E-state index in [0.717, 1.165) is 35.7 Å². The number of methoxy groups -OCH3 is 1. The molecule has 0 amide bonds. The Morgan fingerprint density at radius 3 is 2.55 bits per heavy atom. The van der Waals surface area contributed by atoms with Crippen molar-refractivity contribution < 1.29 is 22.7 Å². The molecule has 1 fully saturated rings. The Kier molecular flexibility index (Phi) is 6.13. The average molecular weight is 403 g/mol. The van der Waals surface area contributed by atoms with Gasteiger partial charge in [0.05, 0.1) is 12.7 Å². The van der Waals surface area contributed by atoms with Crippen LogP contribution in [0.15, 0.2) is 54.6 Å². The molecule has 29 heavy (non-hydrogen) atoms. The molecule has 3 nitrogen and oxygen atoms in total. The van der Waals surface area contributed by atoms with Crippen LogP contribution in [0, 0.1) is 0 Å². The summed E-state index contributed by atoms with van der Waals surface area (Å²) in [5.74, 6) is -0.387. The molecule has 3 rings (SSSR count). The van der Waals surface area contributed by atoms with Crippen molar-refractivity contribution in [2.24, 2.45) is 0 Å². The first-order valence-electron chi connectivity index (χ1n) is 9.47. The molecule has 0 saturated carbocycles. The molecule has 154 valence electrons. The number of hydrogen-bond acceptors (Lipinski definition) is 3. The molecule has 2 aromatic carbocycles. The minimum atomic E-state index is -4.32. The van der Waals surface area contributed by atoms with Crippen LogP contribution in [0.2, 0.25) is 0 Å². The van der Waals surface area contributed by atoms with Gasteiger partial charge in [-0.1, -0.05) is 36.4 Å². The van der Waals surface area contributed by atoms with Gasteiger partial charge in [0.1, 0.15) is 0 Å². The van der Waals surface area contributed by atoms with Crippen molar-refractivity contribution in [3.63, 3.8) is 0 Å². The van der Waals surface area contributed by atoms with E-state index >= 15 is 0 Å². The molecule has 0 spiro atoms. The fourth-order valence-electron chi connectivity index (χ4n) is 3.54. The van der Waals surface area contributed by atoms with Crippen LogP contribution < -0.4 is 0 Å². The number of rotatable bonds is 6. The zero-order valence-corrected chi connectivity index (χ0v) is 16.7. The van der Waals surface area contributed by atoms with Gasteiger partial charge in [-0.3, -0.25) is 4.90 Å². The monoisotopic (exact) mass is 403 g/mol. The summed E-state index contributed by atoms with van der Waals surface area (Å²) in [5, 5.41) is 0. The maximum Gasteiger partial charge on any atom is 0.416 e. The lowest BCUT2D eigenvalue weighted by atomic mass is 10.0. The predicted molar refractivity (Wildman–Crippen MR) is 106 cm³/mol. The van der Waals surface area contributed by atoms with Crippen LogP contribution in [-0.2, 0) is 22.1 Å². The Morgan fingerprint density at radius 1 is 1.24 bits per heavy atom. The summed E-state index contributed by atoms with van der Waals surface area (Å²) in [6.07, 6.45) is -2.06. The molecule has 0 radical (unpaired) electrons. The molecule has 6 heteroatoms. The SMILES string of the molecule is COC(=O)C=C(C)c1ccc(C[C@H](C)N2CC2c2cccc(C(F)(F)F)c2)cc1. The Bertz CT molecular complexity index is 903. The molecule has 0 aromatic heterocycles. The molecule has 1 aliphatic heterocycles. The Labute approximate surface area is 168 Å². The molecule has 1 heterocycles. The number of hydrogen-bond donors (Lipinski definition) is 0. The van der Waals surface area contributed by atoms with E-state index in [1.165, 1.54) is 25.3 Å². The second-order valence-corrected chi connectivity index (χ2v) is 7.44. The fraction of sp³-hybridized carbons (Fsp3) is 0.348. The van der Waals surface area contributed by atoms with Crippen molar-refractivity contribution in [1.82, 2.24) is 4.90 Å². The highest BCUT2D eigenvalue weighted by Gasteiger charge is 2.40. The lowest BCUT2D eigenvalue weighted by Gasteiger charge is -2.15. The van der Waals surface area contributed by atoms with Crippen molar-refractivity contribution >= 4 is 11.5 Å². The van der Waals surface area contributed by atoms with E-state index in [9.17, 15) is 18.0 Å². The third-order valence-electron chi connectivity index (χ3n) is 5.29. The van der Waals surface area contributed by atoms with Gasteiger partial charge in [-0.05, 0) is 54.7 Å². The summed E-state index contributed by atoms with van der Waals surface area (Å²) in [6.45, 7) is 4.70. The topological polar surface area (TPSA) is 29.3 Å². The first-order chi connectivity index (χ1) is 13.7. The minimum Gasteiger partial charge on any atom is -0.466 e. The normalized spacial score (nSPS) is 20.3. The molecular formula is C23H24F3NO2. The quantitative estimate of drug-likeness (QED) is 0.374.